The molecule has 0 unspecified atom stereocenters. The molecule has 0 heterocycles. The maximum absolute atomic E-state index is 10.0. The molecule has 0 fully saturated rings. The van der Waals surface area contributed by atoms with Gasteiger partial charge in [-0.1, -0.05) is 107 Å². The zero-order valence-electron chi connectivity index (χ0n) is 30.1. The molecular formula is C42H52N2Si2. The summed E-state index contributed by atoms with van der Waals surface area (Å²) in [6.45, 7) is 29.7. The fourth-order valence-electron chi connectivity index (χ4n) is 10.6. The van der Waals surface area contributed by atoms with Gasteiger partial charge in [0.05, 0.1) is 27.3 Å². The summed E-state index contributed by atoms with van der Waals surface area (Å²) in [6, 6.07) is 27.4. The van der Waals surface area contributed by atoms with E-state index in [4.69, 9.17) is 0 Å². The van der Waals surface area contributed by atoms with E-state index in [9.17, 15) is 10.5 Å². The number of rotatable bonds is 8. The second-order valence-electron chi connectivity index (χ2n) is 15.7. The molecule has 0 aliphatic carbocycles. The fraction of sp³-hybridized carbons (Fsp3) is 0.429. The summed E-state index contributed by atoms with van der Waals surface area (Å²) < 4.78 is 0. The molecule has 0 aliphatic heterocycles. The second-order valence-corrected chi connectivity index (χ2v) is 27.3. The number of nitrogens with zero attached hydrogens (tertiary/aromatic N) is 2. The van der Waals surface area contributed by atoms with Crippen LogP contribution >= 0.6 is 0 Å². The molecule has 2 nitrogen and oxygen atoms in total. The number of hydrogen-bond donors (Lipinski definition) is 0. The molecule has 5 aromatic rings. The normalized spacial score (nSPS) is 13.0. The molecule has 5 aromatic carbocycles. The molecule has 5 rings (SSSR count). The van der Waals surface area contributed by atoms with Crippen molar-refractivity contribution in [1.82, 2.24) is 0 Å². The van der Waals surface area contributed by atoms with Crippen LogP contribution < -0.4 is 10.4 Å². The van der Waals surface area contributed by atoms with Crippen molar-refractivity contribution in [2.75, 3.05) is 0 Å². The third-order valence-corrected chi connectivity index (χ3v) is 26.2. The Kier molecular flexibility index (Phi) is 9.06. The fourth-order valence-corrected chi connectivity index (χ4v) is 24.7. The first-order valence-corrected chi connectivity index (χ1v) is 21.9. The third-order valence-electron chi connectivity index (χ3n) is 11.9. The van der Waals surface area contributed by atoms with Gasteiger partial charge < -0.3 is 0 Å². The van der Waals surface area contributed by atoms with E-state index in [1.807, 2.05) is 12.1 Å². The molecule has 0 spiro atoms. The van der Waals surface area contributed by atoms with Gasteiger partial charge in [-0.05, 0) is 123 Å². The van der Waals surface area contributed by atoms with Gasteiger partial charge in [0.25, 0.3) is 0 Å². The van der Waals surface area contributed by atoms with Crippen molar-refractivity contribution < 1.29 is 0 Å². The third kappa shape index (κ3) is 4.75. The molecule has 238 valence electrons. The quantitative estimate of drug-likeness (QED) is 0.125. The molecule has 0 atom stereocenters. The minimum Gasteiger partial charge on any atom is -0.192 e. The molecule has 0 amide bonds. The molecule has 0 bridgehead atoms. The van der Waals surface area contributed by atoms with Crippen molar-refractivity contribution in [1.29, 1.82) is 10.5 Å². The highest BCUT2D eigenvalue weighted by molar-refractivity contribution is 7.01. The first-order valence-electron chi connectivity index (χ1n) is 17.4. The molecule has 0 N–H and O–H groups in total. The van der Waals surface area contributed by atoms with Gasteiger partial charge in [-0.25, -0.2) is 0 Å². The van der Waals surface area contributed by atoms with Gasteiger partial charge in [-0.2, -0.15) is 10.5 Å². The standard InChI is InChI=1S/C42H52N2Si2/c1-25(2)45(26(3)4,27(5)6)41-37-19-31-15-13-14-16-32(31)20-38(37)42(46(28(7)8,29(9)10)30(11)12)40-22-34-18-36(24-44)35(23-43)17-33(34)21-39(40)41/h13-22,25-30H,1-12H3. The van der Waals surface area contributed by atoms with Crippen molar-refractivity contribution in [2.24, 2.45) is 0 Å². The van der Waals surface area contributed by atoms with E-state index in [-0.39, 0.29) is 0 Å². The molecule has 0 saturated heterocycles. The van der Waals surface area contributed by atoms with Crippen LogP contribution in [0.3, 0.4) is 0 Å². The summed E-state index contributed by atoms with van der Waals surface area (Å²) in [4.78, 5) is 0. The molecular weight excluding hydrogens is 589 g/mol. The van der Waals surface area contributed by atoms with Crippen LogP contribution in [0.25, 0.3) is 43.1 Å². The lowest BCUT2D eigenvalue weighted by Crippen LogP contribution is -2.59. The van der Waals surface area contributed by atoms with Crippen molar-refractivity contribution in [3.05, 3.63) is 71.8 Å². The lowest BCUT2D eigenvalue weighted by molar-refractivity contribution is 0.835. The maximum atomic E-state index is 10.0. The summed E-state index contributed by atoms with van der Waals surface area (Å²) in [6.07, 6.45) is 0. The SMILES string of the molecule is CC(C)[Si](c1c2cc3ccccc3cc2c([Si](C(C)C)(C(C)C)C(C)C)c2cc3cc(C#N)c(C#N)cc3cc12)(C(C)C)C(C)C. The Labute approximate surface area is 279 Å². The summed E-state index contributed by atoms with van der Waals surface area (Å²) in [5.41, 5.74) is 4.11. The maximum Gasteiger partial charge on any atom is 0.101 e. The average Bonchev–Trinajstić information content (AvgIpc) is 2.99. The van der Waals surface area contributed by atoms with Crippen LogP contribution in [0.1, 0.15) is 94.2 Å². The van der Waals surface area contributed by atoms with E-state index < -0.39 is 16.1 Å². The highest BCUT2D eigenvalue weighted by Gasteiger charge is 2.50. The van der Waals surface area contributed by atoms with Crippen molar-refractivity contribution in [2.45, 2.75) is 116 Å². The van der Waals surface area contributed by atoms with Gasteiger partial charge in [0.1, 0.15) is 12.1 Å². The Morgan fingerprint density at radius 3 is 0.913 bits per heavy atom. The van der Waals surface area contributed by atoms with Gasteiger partial charge >= 0.3 is 0 Å². The van der Waals surface area contributed by atoms with E-state index in [0.717, 1.165) is 10.8 Å². The van der Waals surface area contributed by atoms with Crippen LogP contribution in [0.15, 0.2) is 60.7 Å². The Hall–Kier alpha value is -3.45. The van der Waals surface area contributed by atoms with Crippen molar-refractivity contribution >= 4 is 69.6 Å². The Bertz CT molecular complexity index is 1860. The number of nitriles is 2. The zero-order chi connectivity index (χ0) is 33.9. The smallest absolute Gasteiger partial charge is 0.101 e. The number of fused-ring (bicyclic) bond motifs is 4. The molecule has 0 aliphatic rings. The van der Waals surface area contributed by atoms with E-state index in [1.54, 1.807) is 10.4 Å². The van der Waals surface area contributed by atoms with Crippen LogP contribution in [-0.2, 0) is 0 Å². The molecule has 0 aromatic heterocycles. The summed E-state index contributed by atoms with van der Waals surface area (Å²) in [7, 11) is -4.43. The van der Waals surface area contributed by atoms with E-state index in [2.05, 4.69) is 144 Å². The average molecular weight is 641 g/mol. The summed E-state index contributed by atoms with van der Waals surface area (Å²) >= 11 is 0. The van der Waals surface area contributed by atoms with Crippen LogP contribution in [0.4, 0.5) is 0 Å². The topological polar surface area (TPSA) is 47.6 Å². The van der Waals surface area contributed by atoms with Crippen LogP contribution in [-0.4, -0.2) is 16.1 Å². The molecule has 0 saturated carbocycles. The van der Waals surface area contributed by atoms with Crippen LogP contribution in [0.2, 0.25) is 33.2 Å². The Morgan fingerprint density at radius 1 is 0.413 bits per heavy atom. The molecule has 0 radical (unpaired) electrons. The Balaban J connectivity index is 2.26. The van der Waals surface area contributed by atoms with Crippen molar-refractivity contribution in [3.63, 3.8) is 0 Å². The lowest BCUT2D eigenvalue weighted by Gasteiger charge is -2.48. The number of benzene rings is 5. The second kappa shape index (κ2) is 12.3. The summed E-state index contributed by atoms with van der Waals surface area (Å²) in [5.74, 6) is 0. The van der Waals surface area contributed by atoms with E-state index >= 15 is 0 Å². The van der Waals surface area contributed by atoms with Gasteiger partial charge in [-0.3, -0.25) is 0 Å². The molecule has 46 heavy (non-hydrogen) atoms. The predicted octanol–water partition coefficient (Wildman–Crippen LogP) is 11.8. The zero-order valence-corrected chi connectivity index (χ0v) is 32.1. The first kappa shape index (κ1) is 33.9. The monoisotopic (exact) mass is 640 g/mol. The van der Waals surface area contributed by atoms with Gasteiger partial charge in [0.15, 0.2) is 0 Å². The highest BCUT2D eigenvalue weighted by Crippen LogP contribution is 2.48. The minimum absolute atomic E-state index is 0.457. The largest absolute Gasteiger partial charge is 0.192 e. The lowest BCUT2D eigenvalue weighted by atomic mass is 9.95. The highest BCUT2D eigenvalue weighted by atomic mass is 28.3. The van der Waals surface area contributed by atoms with Gasteiger partial charge in [0.2, 0.25) is 0 Å². The molecule has 4 heteroatoms. The van der Waals surface area contributed by atoms with Crippen molar-refractivity contribution in [3.8, 4) is 12.1 Å². The van der Waals surface area contributed by atoms with E-state index in [0.29, 0.717) is 44.4 Å². The summed E-state index contributed by atoms with van der Waals surface area (Å²) in [5, 5.41) is 33.6. The first-order chi connectivity index (χ1) is 21.7. The van der Waals surface area contributed by atoms with Crippen LogP contribution in [0, 0.1) is 22.7 Å². The van der Waals surface area contributed by atoms with Crippen LogP contribution in [0.5, 0.6) is 0 Å². The predicted molar refractivity (Wildman–Crippen MR) is 207 cm³/mol. The van der Waals surface area contributed by atoms with E-state index in [1.165, 1.54) is 32.3 Å². The van der Waals surface area contributed by atoms with Gasteiger partial charge in [-0.15, -0.1) is 0 Å². The Morgan fingerprint density at radius 2 is 0.674 bits per heavy atom. The number of hydrogen-bond acceptors (Lipinski definition) is 2. The van der Waals surface area contributed by atoms with Gasteiger partial charge in [0, 0.05) is 0 Å². The minimum atomic E-state index is -2.21.